The molecule has 0 bridgehead atoms. The third-order valence-electron chi connectivity index (χ3n) is 10.7. The second kappa shape index (κ2) is 10.4. The highest BCUT2D eigenvalue weighted by Gasteiger charge is 2.53. The van der Waals surface area contributed by atoms with E-state index in [-0.39, 0.29) is 0 Å². The second-order valence-electron chi connectivity index (χ2n) is 13.3. The molecule has 2 aromatic heterocycles. The summed E-state index contributed by atoms with van der Waals surface area (Å²) in [5.41, 5.74) is 15.3. The number of nitrogens with zero attached hydrogens (tertiary/aromatic N) is 2. The van der Waals surface area contributed by atoms with Crippen molar-refractivity contribution in [3.05, 3.63) is 191 Å². The number of hydrogen-bond acceptors (Lipinski definition) is 3. The first-order valence-electron chi connectivity index (χ1n) is 17.1. The van der Waals surface area contributed by atoms with Crippen LogP contribution < -0.4 is 0 Å². The van der Waals surface area contributed by atoms with Crippen molar-refractivity contribution in [1.82, 2.24) is 9.97 Å². The van der Waals surface area contributed by atoms with Crippen molar-refractivity contribution in [2.45, 2.75) is 5.41 Å². The zero-order valence-electron chi connectivity index (χ0n) is 27.0. The Bertz CT molecular complexity index is 2810. The molecule has 0 N–H and O–H groups in total. The van der Waals surface area contributed by atoms with E-state index in [1.807, 2.05) is 11.3 Å². The molecule has 2 nitrogen and oxygen atoms in total. The third kappa shape index (κ3) is 3.73. The quantitative estimate of drug-likeness (QED) is 0.190. The molecule has 0 aliphatic heterocycles. The lowest BCUT2D eigenvalue weighted by Gasteiger charge is -2.29. The van der Waals surface area contributed by atoms with Crippen LogP contribution in [0.4, 0.5) is 0 Å². The van der Waals surface area contributed by atoms with E-state index in [2.05, 4.69) is 170 Å². The smallest absolute Gasteiger partial charge is 0.160 e. The number of para-hydroxylation sites is 1. The number of fused-ring (bicyclic) bond motifs is 13. The van der Waals surface area contributed by atoms with Crippen molar-refractivity contribution in [3.63, 3.8) is 0 Å². The van der Waals surface area contributed by atoms with Gasteiger partial charge < -0.3 is 0 Å². The van der Waals surface area contributed by atoms with Gasteiger partial charge in [-0.2, -0.15) is 0 Å². The molecule has 0 radical (unpaired) electrons. The van der Waals surface area contributed by atoms with Crippen LogP contribution in [0.3, 0.4) is 0 Å². The molecule has 0 saturated heterocycles. The van der Waals surface area contributed by atoms with Gasteiger partial charge in [-0.05, 0) is 62.7 Å². The summed E-state index contributed by atoms with van der Waals surface area (Å²) in [6.07, 6.45) is 0. The molecule has 232 valence electrons. The summed E-state index contributed by atoms with van der Waals surface area (Å²) in [5, 5.41) is 2.38. The van der Waals surface area contributed by atoms with E-state index in [0.717, 1.165) is 33.5 Å². The Labute approximate surface area is 294 Å². The van der Waals surface area contributed by atoms with Gasteiger partial charge in [0, 0.05) is 37.0 Å². The summed E-state index contributed by atoms with van der Waals surface area (Å²) >= 11 is 1.94. The number of hydrogen-bond donors (Lipinski definition) is 0. The monoisotopic (exact) mass is 652 g/mol. The predicted molar refractivity (Wildman–Crippen MR) is 208 cm³/mol. The van der Waals surface area contributed by atoms with Gasteiger partial charge in [0.2, 0.25) is 0 Å². The Morgan fingerprint density at radius 3 is 1.86 bits per heavy atom. The van der Waals surface area contributed by atoms with Crippen LogP contribution in [0, 0.1) is 0 Å². The van der Waals surface area contributed by atoms with Crippen molar-refractivity contribution in [3.8, 4) is 56.0 Å². The average Bonchev–Trinajstić information content (AvgIpc) is 3.81. The SMILES string of the molecule is c1ccc(-c2ccc(-c3nc(-c4ccc5c(c4)C4(c6ccccc6-5)c5ccccc5-c5c4sc4ccccc54)nc4ccccc34)cc2)cc1. The van der Waals surface area contributed by atoms with Crippen LogP contribution in [0.15, 0.2) is 170 Å². The number of benzene rings is 7. The summed E-state index contributed by atoms with van der Waals surface area (Å²) in [7, 11) is 0. The van der Waals surface area contributed by atoms with Gasteiger partial charge in [0.05, 0.1) is 16.6 Å². The first-order chi connectivity index (χ1) is 24.8. The Kier molecular flexibility index (Phi) is 5.78. The maximum Gasteiger partial charge on any atom is 0.160 e. The van der Waals surface area contributed by atoms with E-state index in [4.69, 9.17) is 9.97 Å². The molecule has 2 aliphatic rings. The minimum atomic E-state index is -0.412. The Balaban J connectivity index is 1.14. The Morgan fingerprint density at radius 2 is 1.02 bits per heavy atom. The summed E-state index contributed by atoms with van der Waals surface area (Å²) in [6, 6.07) is 61.5. The Morgan fingerprint density at radius 1 is 0.420 bits per heavy atom. The molecule has 11 rings (SSSR count). The van der Waals surface area contributed by atoms with E-state index >= 15 is 0 Å². The van der Waals surface area contributed by atoms with Gasteiger partial charge in [0.15, 0.2) is 5.82 Å². The fraction of sp³-hybridized carbons (Fsp3) is 0.0213. The van der Waals surface area contributed by atoms with E-state index in [0.29, 0.717) is 0 Å². The van der Waals surface area contributed by atoms with E-state index in [1.165, 1.54) is 65.0 Å². The normalized spacial score (nSPS) is 15.3. The largest absolute Gasteiger partial charge is 0.228 e. The lowest BCUT2D eigenvalue weighted by molar-refractivity contribution is 0.812. The molecule has 0 fully saturated rings. The van der Waals surface area contributed by atoms with Crippen LogP contribution in [0.2, 0.25) is 0 Å². The minimum absolute atomic E-state index is 0.412. The molecule has 9 aromatic rings. The molecule has 2 heterocycles. The molecular formula is C47H28N2S. The minimum Gasteiger partial charge on any atom is -0.228 e. The van der Waals surface area contributed by atoms with Crippen molar-refractivity contribution in [1.29, 1.82) is 0 Å². The first kappa shape index (κ1) is 27.8. The van der Waals surface area contributed by atoms with Crippen LogP contribution in [-0.2, 0) is 5.41 Å². The number of thiophene rings is 1. The van der Waals surface area contributed by atoms with Gasteiger partial charge in [-0.25, -0.2) is 9.97 Å². The average molecular weight is 653 g/mol. The molecule has 3 heteroatoms. The van der Waals surface area contributed by atoms with Crippen molar-refractivity contribution < 1.29 is 0 Å². The molecule has 50 heavy (non-hydrogen) atoms. The number of aromatic nitrogens is 2. The fourth-order valence-electron chi connectivity index (χ4n) is 8.56. The van der Waals surface area contributed by atoms with Crippen LogP contribution in [-0.4, -0.2) is 9.97 Å². The van der Waals surface area contributed by atoms with Gasteiger partial charge in [0.1, 0.15) is 0 Å². The van der Waals surface area contributed by atoms with E-state index < -0.39 is 5.41 Å². The maximum absolute atomic E-state index is 5.35. The number of rotatable bonds is 3. The van der Waals surface area contributed by atoms with Crippen molar-refractivity contribution in [2.75, 3.05) is 0 Å². The molecule has 0 amide bonds. The maximum atomic E-state index is 5.35. The molecule has 7 aromatic carbocycles. The zero-order chi connectivity index (χ0) is 32.8. The third-order valence-corrected chi connectivity index (χ3v) is 12.0. The predicted octanol–water partition coefficient (Wildman–Crippen LogP) is 12.2. The van der Waals surface area contributed by atoms with Gasteiger partial charge in [-0.1, -0.05) is 152 Å². The molecule has 0 saturated carbocycles. The van der Waals surface area contributed by atoms with Crippen LogP contribution in [0.25, 0.3) is 77.0 Å². The molecule has 2 aliphatic carbocycles. The lowest BCUT2D eigenvalue weighted by atomic mass is 9.73. The Hall–Kier alpha value is -6.16. The fourth-order valence-corrected chi connectivity index (χ4v) is 10.0. The molecule has 1 spiro atoms. The van der Waals surface area contributed by atoms with E-state index in [1.54, 1.807) is 0 Å². The highest BCUT2D eigenvalue weighted by molar-refractivity contribution is 7.20. The summed E-state index contributed by atoms with van der Waals surface area (Å²) < 4.78 is 1.33. The summed E-state index contributed by atoms with van der Waals surface area (Å²) in [4.78, 5) is 12.0. The van der Waals surface area contributed by atoms with Gasteiger partial charge in [0.25, 0.3) is 0 Å². The zero-order valence-corrected chi connectivity index (χ0v) is 27.8. The van der Waals surface area contributed by atoms with Gasteiger partial charge in [-0.15, -0.1) is 11.3 Å². The topological polar surface area (TPSA) is 25.8 Å². The van der Waals surface area contributed by atoms with Crippen molar-refractivity contribution in [2.24, 2.45) is 0 Å². The van der Waals surface area contributed by atoms with Crippen LogP contribution in [0.1, 0.15) is 21.6 Å². The van der Waals surface area contributed by atoms with Crippen LogP contribution >= 0.6 is 11.3 Å². The van der Waals surface area contributed by atoms with E-state index in [9.17, 15) is 0 Å². The highest BCUT2D eigenvalue weighted by atomic mass is 32.1. The molecule has 1 unspecified atom stereocenters. The van der Waals surface area contributed by atoms with Gasteiger partial charge in [-0.3, -0.25) is 0 Å². The standard InChI is InChI=1S/C47H28N2S/c1-2-12-29(13-3-1)30-22-24-31(25-23-30)44-36-16-6-10-20-41(36)48-46(49-44)32-26-27-34-33-14-4-8-18-38(33)47(40(34)28-32)39-19-9-5-15-35(39)43-37-17-7-11-21-42(37)50-45(43)47/h1-28H. The summed E-state index contributed by atoms with van der Waals surface area (Å²) in [6.45, 7) is 0. The van der Waals surface area contributed by atoms with Crippen LogP contribution in [0.5, 0.6) is 0 Å². The first-order valence-corrected chi connectivity index (χ1v) is 17.9. The molecule has 1 atom stereocenters. The summed E-state index contributed by atoms with van der Waals surface area (Å²) in [5.74, 6) is 0.739. The lowest BCUT2D eigenvalue weighted by Crippen LogP contribution is -2.25. The highest BCUT2D eigenvalue weighted by Crippen LogP contribution is 2.66. The second-order valence-corrected chi connectivity index (χ2v) is 14.3. The van der Waals surface area contributed by atoms with Crippen molar-refractivity contribution >= 4 is 32.3 Å². The van der Waals surface area contributed by atoms with Gasteiger partial charge >= 0.3 is 0 Å². The molecular weight excluding hydrogens is 625 g/mol.